The zero-order valence-electron chi connectivity index (χ0n) is 13.0. The zero-order valence-corrected chi connectivity index (χ0v) is 15.3. The van der Waals surface area contributed by atoms with Crippen molar-refractivity contribution in [2.24, 2.45) is 0 Å². The second kappa shape index (κ2) is 7.23. The number of benzene rings is 2. The van der Waals surface area contributed by atoms with Crippen LogP contribution in [0.3, 0.4) is 0 Å². The summed E-state index contributed by atoms with van der Waals surface area (Å²) in [5.74, 6) is -0.916. The largest absolute Gasteiger partial charge is 0.493 e. The van der Waals surface area contributed by atoms with E-state index in [9.17, 15) is 14.3 Å². The zero-order chi connectivity index (χ0) is 18.8. The normalized spacial score (nSPS) is 10.5. The molecule has 0 bridgehead atoms. The predicted molar refractivity (Wildman–Crippen MR) is 96.2 cm³/mol. The molecule has 1 heterocycles. The van der Waals surface area contributed by atoms with E-state index in [4.69, 9.17) is 21.6 Å². The van der Waals surface area contributed by atoms with Gasteiger partial charge in [0.2, 0.25) is 5.88 Å². The molecule has 0 radical (unpaired) electrons. The van der Waals surface area contributed by atoms with E-state index in [2.05, 4.69) is 20.9 Å². The Hall–Kier alpha value is -2.76. The molecule has 9 heteroatoms. The quantitative estimate of drug-likeness (QED) is 0.640. The number of aromatic hydroxyl groups is 1. The first-order valence-corrected chi connectivity index (χ1v) is 8.38. The Labute approximate surface area is 160 Å². The Morgan fingerprint density at radius 2 is 2.15 bits per heavy atom. The maximum absolute atomic E-state index is 14.9. The third kappa shape index (κ3) is 3.74. The van der Waals surface area contributed by atoms with Gasteiger partial charge in [0, 0.05) is 10.6 Å². The van der Waals surface area contributed by atoms with Gasteiger partial charge in [-0.05, 0) is 40.2 Å². The van der Waals surface area contributed by atoms with Crippen LogP contribution in [0.4, 0.5) is 4.39 Å². The Kier molecular flexibility index (Phi) is 5.02. The molecule has 2 N–H and O–H groups in total. The van der Waals surface area contributed by atoms with Crippen molar-refractivity contribution in [1.82, 2.24) is 9.55 Å². The van der Waals surface area contributed by atoms with Crippen LogP contribution in [0.5, 0.6) is 17.4 Å². The van der Waals surface area contributed by atoms with Crippen LogP contribution >= 0.6 is 27.5 Å². The van der Waals surface area contributed by atoms with Crippen molar-refractivity contribution in [2.45, 2.75) is 6.54 Å². The minimum atomic E-state index is -0.689. The monoisotopic (exact) mass is 437 g/mol. The summed E-state index contributed by atoms with van der Waals surface area (Å²) >= 11 is 9.15. The standard InChI is InChI=1S/C17H10BrClFN3O3/c18-13-2-1-10(7-23-8-14(24)22-17(23)25)15(20)16(13)26-12-4-9(6-21)3-11(19)5-12/h1-5,8,24H,7H2,(H,22,25). The number of halogens is 3. The van der Waals surface area contributed by atoms with Crippen molar-refractivity contribution < 1.29 is 14.2 Å². The number of rotatable bonds is 4. The maximum atomic E-state index is 14.9. The molecule has 0 saturated carbocycles. The van der Waals surface area contributed by atoms with E-state index in [0.29, 0.717) is 4.47 Å². The van der Waals surface area contributed by atoms with Crippen LogP contribution in [-0.4, -0.2) is 14.7 Å². The molecule has 6 nitrogen and oxygen atoms in total. The molecular formula is C17H10BrClFN3O3. The van der Waals surface area contributed by atoms with Crippen molar-refractivity contribution in [3.63, 3.8) is 0 Å². The van der Waals surface area contributed by atoms with Crippen LogP contribution in [0.15, 0.2) is 45.8 Å². The number of ether oxygens (including phenoxy) is 1. The number of nitrogens with one attached hydrogen (secondary N) is 1. The summed E-state index contributed by atoms with van der Waals surface area (Å²) in [5, 5.41) is 18.6. The van der Waals surface area contributed by atoms with Gasteiger partial charge < -0.3 is 9.84 Å². The Balaban J connectivity index is 1.98. The third-order valence-corrected chi connectivity index (χ3v) is 4.31. The highest BCUT2D eigenvalue weighted by Gasteiger charge is 2.16. The molecule has 132 valence electrons. The Morgan fingerprint density at radius 3 is 2.81 bits per heavy atom. The smallest absolute Gasteiger partial charge is 0.328 e. The molecule has 3 rings (SSSR count). The molecule has 26 heavy (non-hydrogen) atoms. The van der Waals surface area contributed by atoms with E-state index < -0.39 is 11.5 Å². The van der Waals surface area contributed by atoms with Crippen LogP contribution in [0.25, 0.3) is 0 Å². The van der Waals surface area contributed by atoms with E-state index in [1.54, 1.807) is 6.07 Å². The van der Waals surface area contributed by atoms with Gasteiger partial charge in [0.1, 0.15) is 5.75 Å². The molecular weight excluding hydrogens is 429 g/mol. The average Bonchev–Trinajstić information content (AvgIpc) is 2.91. The first kappa shape index (κ1) is 18.0. The fourth-order valence-corrected chi connectivity index (χ4v) is 2.93. The summed E-state index contributed by atoms with van der Waals surface area (Å²) in [4.78, 5) is 13.8. The van der Waals surface area contributed by atoms with Crippen LogP contribution in [0.1, 0.15) is 11.1 Å². The number of nitriles is 1. The van der Waals surface area contributed by atoms with Crippen molar-refractivity contribution in [3.8, 4) is 23.4 Å². The van der Waals surface area contributed by atoms with Crippen molar-refractivity contribution in [1.29, 1.82) is 5.26 Å². The highest BCUT2D eigenvalue weighted by Crippen LogP contribution is 2.35. The summed E-state index contributed by atoms with van der Waals surface area (Å²) in [6.07, 6.45) is 1.17. The molecule has 0 spiro atoms. The highest BCUT2D eigenvalue weighted by atomic mass is 79.9. The first-order chi connectivity index (χ1) is 12.4. The molecule has 3 aromatic rings. The van der Waals surface area contributed by atoms with Crippen molar-refractivity contribution in [3.05, 3.63) is 73.5 Å². The summed E-state index contributed by atoms with van der Waals surface area (Å²) in [6.45, 7) is -0.107. The maximum Gasteiger partial charge on any atom is 0.328 e. The number of aromatic nitrogens is 2. The summed E-state index contributed by atoms with van der Waals surface area (Å²) in [5.41, 5.74) is -0.123. The van der Waals surface area contributed by atoms with Gasteiger partial charge in [-0.1, -0.05) is 17.7 Å². The second-order valence-corrected chi connectivity index (χ2v) is 6.60. The topological polar surface area (TPSA) is 91.0 Å². The fourth-order valence-electron chi connectivity index (χ4n) is 2.31. The molecule has 0 aliphatic carbocycles. The number of aromatic amines is 1. The number of H-pyrrole nitrogens is 1. The van der Waals surface area contributed by atoms with Gasteiger partial charge in [0.15, 0.2) is 11.6 Å². The molecule has 0 aliphatic heterocycles. The summed E-state index contributed by atoms with van der Waals surface area (Å²) < 4.78 is 21.9. The van der Waals surface area contributed by atoms with Gasteiger partial charge in [-0.3, -0.25) is 9.55 Å². The lowest BCUT2D eigenvalue weighted by Gasteiger charge is -2.12. The van der Waals surface area contributed by atoms with Gasteiger partial charge >= 0.3 is 5.69 Å². The molecule has 0 atom stereocenters. The van der Waals surface area contributed by atoms with Crippen LogP contribution < -0.4 is 10.4 Å². The lowest BCUT2D eigenvalue weighted by atomic mass is 10.2. The first-order valence-electron chi connectivity index (χ1n) is 7.21. The SMILES string of the molecule is N#Cc1cc(Cl)cc(Oc2c(Br)ccc(Cn3cc(O)[nH]c3=O)c2F)c1. The highest BCUT2D eigenvalue weighted by molar-refractivity contribution is 9.10. The second-order valence-electron chi connectivity index (χ2n) is 5.31. The number of hydrogen-bond donors (Lipinski definition) is 2. The van der Waals surface area contributed by atoms with Gasteiger partial charge in [-0.2, -0.15) is 5.26 Å². The molecule has 0 amide bonds. The molecule has 1 aromatic heterocycles. The van der Waals surface area contributed by atoms with Gasteiger partial charge in [-0.15, -0.1) is 0 Å². The van der Waals surface area contributed by atoms with E-state index in [1.807, 2.05) is 6.07 Å². The van der Waals surface area contributed by atoms with E-state index >= 15 is 0 Å². The Bertz CT molecular complexity index is 1090. The summed E-state index contributed by atoms with van der Waals surface area (Å²) in [6, 6.07) is 9.34. The Morgan fingerprint density at radius 1 is 1.38 bits per heavy atom. The van der Waals surface area contributed by atoms with E-state index in [-0.39, 0.29) is 40.1 Å². The van der Waals surface area contributed by atoms with E-state index in [1.165, 1.54) is 30.5 Å². The minimum Gasteiger partial charge on any atom is -0.493 e. The predicted octanol–water partition coefficient (Wildman–Crippen LogP) is 4.15. The van der Waals surface area contributed by atoms with Crippen molar-refractivity contribution in [2.75, 3.05) is 0 Å². The van der Waals surface area contributed by atoms with Gasteiger partial charge in [0.25, 0.3) is 0 Å². The fraction of sp³-hybridized carbons (Fsp3) is 0.0588. The van der Waals surface area contributed by atoms with Gasteiger partial charge in [0.05, 0.1) is 28.8 Å². The third-order valence-electron chi connectivity index (χ3n) is 3.46. The van der Waals surface area contributed by atoms with Crippen LogP contribution in [-0.2, 0) is 6.54 Å². The van der Waals surface area contributed by atoms with Crippen molar-refractivity contribution >= 4 is 27.5 Å². The van der Waals surface area contributed by atoms with Crippen LogP contribution in [0.2, 0.25) is 5.02 Å². The van der Waals surface area contributed by atoms with Gasteiger partial charge in [-0.25, -0.2) is 9.18 Å². The lowest BCUT2D eigenvalue weighted by Crippen LogP contribution is -2.17. The summed E-state index contributed by atoms with van der Waals surface area (Å²) in [7, 11) is 0. The number of nitrogens with zero attached hydrogens (tertiary/aromatic N) is 2. The number of imidazole rings is 1. The average molecular weight is 439 g/mol. The lowest BCUT2D eigenvalue weighted by molar-refractivity contribution is 0.434. The minimum absolute atomic E-state index is 0.107. The molecule has 2 aromatic carbocycles. The molecule has 0 saturated heterocycles. The van der Waals surface area contributed by atoms with E-state index in [0.717, 1.165) is 4.57 Å². The molecule has 0 fully saturated rings. The molecule has 0 unspecified atom stereocenters. The number of hydrogen-bond acceptors (Lipinski definition) is 4. The van der Waals surface area contributed by atoms with Crippen LogP contribution in [0, 0.1) is 17.1 Å². The molecule has 0 aliphatic rings.